The molecular formula is C22H23N5O2. The Hall–Kier alpha value is -3.61. The zero-order valence-corrected chi connectivity index (χ0v) is 16.9. The summed E-state index contributed by atoms with van der Waals surface area (Å²) in [6.07, 6.45) is 0. The van der Waals surface area contributed by atoms with E-state index in [9.17, 15) is 4.79 Å². The number of allylic oxidation sites excluding steroid dienone is 1. The summed E-state index contributed by atoms with van der Waals surface area (Å²) in [5.74, 6) is 1.27. The molecule has 3 N–H and O–H groups in total. The molecule has 2 heterocycles. The number of nitrogens with zero attached hydrogens (tertiary/aromatic N) is 3. The number of para-hydroxylation sites is 1. The van der Waals surface area contributed by atoms with Gasteiger partial charge in [-0.1, -0.05) is 30.3 Å². The molecule has 0 saturated carbocycles. The Kier molecular flexibility index (Phi) is 4.58. The highest BCUT2D eigenvalue weighted by Gasteiger charge is 2.35. The smallest absolute Gasteiger partial charge is 0.248 e. The highest BCUT2D eigenvalue weighted by atomic mass is 16.5. The first-order chi connectivity index (χ1) is 13.9. The first-order valence-electron chi connectivity index (χ1n) is 9.35. The van der Waals surface area contributed by atoms with Gasteiger partial charge in [-0.25, -0.2) is 4.68 Å². The average molecular weight is 389 g/mol. The molecule has 0 spiro atoms. The van der Waals surface area contributed by atoms with Gasteiger partial charge in [-0.05, 0) is 44.0 Å². The van der Waals surface area contributed by atoms with Crippen LogP contribution in [0.2, 0.25) is 0 Å². The third-order valence-electron chi connectivity index (χ3n) is 5.32. The molecule has 29 heavy (non-hydrogen) atoms. The highest BCUT2D eigenvalue weighted by Crippen LogP contribution is 2.39. The second-order valence-electron chi connectivity index (χ2n) is 7.18. The van der Waals surface area contributed by atoms with Gasteiger partial charge in [-0.2, -0.15) is 4.98 Å². The van der Waals surface area contributed by atoms with Crippen molar-refractivity contribution in [2.24, 2.45) is 5.73 Å². The van der Waals surface area contributed by atoms with E-state index in [0.717, 1.165) is 16.7 Å². The van der Waals surface area contributed by atoms with Crippen molar-refractivity contribution in [3.8, 4) is 17.1 Å². The van der Waals surface area contributed by atoms with Gasteiger partial charge in [0.05, 0.1) is 12.7 Å². The second-order valence-corrected chi connectivity index (χ2v) is 7.18. The lowest BCUT2D eigenvalue weighted by atomic mass is 9.94. The van der Waals surface area contributed by atoms with Crippen LogP contribution in [0, 0.1) is 13.8 Å². The Morgan fingerprint density at radius 1 is 1.14 bits per heavy atom. The molecule has 148 valence electrons. The molecule has 1 atom stereocenters. The Morgan fingerprint density at radius 3 is 2.59 bits per heavy atom. The number of ether oxygens (including phenoxy) is 1. The Labute approximate surface area is 169 Å². The molecule has 1 aromatic heterocycles. The van der Waals surface area contributed by atoms with Gasteiger partial charge in [0, 0.05) is 16.8 Å². The number of fused-ring (bicyclic) bond motifs is 1. The number of aromatic nitrogens is 3. The van der Waals surface area contributed by atoms with E-state index >= 15 is 0 Å². The predicted molar refractivity (Wildman–Crippen MR) is 112 cm³/mol. The van der Waals surface area contributed by atoms with Gasteiger partial charge in [-0.15, -0.1) is 5.10 Å². The van der Waals surface area contributed by atoms with Crippen molar-refractivity contribution >= 4 is 11.9 Å². The summed E-state index contributed by atoms with van der Waals surface area (Å²) in [6, 6.07) is 13.1. The van der Waals surface area contributed by atoms with Crippen molar-refractivity contribution in [3.05, 3.63) is 70.4 Å². The van der Waals surface area contributed by atoms with Crippen molar-refractivity contribution in [1.29, 1.82) is 0 Å². The molecule has 3 aromatic rings. The molecule has 0 fully saturated rings. The third-order valence-corrected chi connectivity index (χ3v) is 5.32. The number of nitrogens with one attached hydrogen (secondary N) is 1. The molecule has 1 unspecified atom stereocenters. The minimum Gasteiger partial charge on any atom is -0.496 e. The van der Waals surface area contributed by atoms with E-state index in [1.807, 2.05) is 43.3 Å². The lowest BCUT2D eigenvalue weighted by Crippen LogP contribution is -2.32. The zero-order chi connectivity index (χ0) is 20.7. The number of primary amides is 1. The number of rotatable bonds is 4. The van der Waals surface area contributed by atoms with E-state index in [1.165, 1.54) is 5.56 Å². The van der Waals surface area contributed by atoms with Crippen LogP contribution in [0.15, 0.2) is 53.7 Å². The van der Waals surface area contributed by atoms with Gasteiger partial charge in [-0.3, -0.25) is 4.79 Å². The fourth-order valence-electron chi connectivity index (χ4n) is 3.65. The van der Waals surface area contributed by atoms with Crippen LogP contribution in [0.1, 0.15) is 29.7 Å². The molecule has 0 bridgehead atoms. The first kappa shape index (κ1) is 18.7. The van der Waals surface area contributed by atoms with Crippen LogP contribution in [-0.4, -0.2) is 27.8 Å². The molecule has 2 aromatic carbocycles. The second kappa shape index (κ2) is 7.09. The summed E-state index contributed by atoms with van der Waals surface area (Å²) < 4.78 is 7.24. The summed E-state index contributed by atoms with van der Waals surface area (Å²) in [4.78, 5) is 17.0. The number of benzene rings is 2. The Morgan fingerprint density at radius 2 is 1.90 bits per heavy atom. The zero-order valence-electron chi connectivity index (χ0n) is 16.9. The number of hydrogen-bond acceptors (Lipinski definition) is 5. The molecule has 7 heteroatoms. The molecular weight excluding hydrogens is 366 g/mol. The van der Waals surface area contributed by atoms with Gasteiger partial charge >= 0.3 is 0 Å². The average Bonchev–Trinajstić information content (AvgIpc) is 3.12. The van der Waals surface area contributed by atoms with E-state index in [2.05, 4.69) is 30.2 Å². The van der Waals surface area contributed by atoms with E-state index in [1.54, 1.807) is 11.8 Å². The maximum absolute atomic E-state index is 12.3. The third kappa shape index (κ3) is 3.14. The molecule has 1 amide bonds. The van der Waals surface area contributed by atoms with E-state index in [-0.39, 0.29) is 0 Å². The van der Waals surface area contributed by atoms with Crippen LogP contribution in [0.5, 0.6) is 5.75 Å². The van der Waals surface area contributed by atoms with Crippen molar-refractivity contribution in [1.82, 2.24) is 14.8 Å². The molecule has 0 radical (unpaired) electrons. The summed E-state index contributed by atoms with van der Waals surface area (Å²) in [5.41, 5.74) is 10.9. The lowest BCUT2D eigenvalue weighted by Gasteiger charge is -2.28. The fourth-order valence-corrected chi connectivity index (χ4v) is 3.65. The van der Waals surface area contributed by atoms with Gasteiger partial charge in [0.1, 0.15) is 11.8 Å². The summed E-state index contributed by atoms with van der Waals surface area (Å²) >= 11 is 0. The quantitative estimate of drug-likeness (QED) is 0.714. The monoisotopic (exact) mass is 389 g/mol. The van der Waals surface area contributed by atoms with Crippen LogP contribution in [0.4, 0.5) is 5.95 Å². The number of anilines is 1. The summed E-state index contributed by atoms with van der Waals surface area (Å²) in [7, 11) is 1.60. The normalized spacial score (nSPS) is 15.7. The van der Waals surface area contributed by atoms with Crippen molar-refractivity contribution in [2.75, 3.05) is 12.4 Å². The minimum absolute atomic E-state index is 0.429. The first-order valence-corrected chi connectivity index (χ1v) is 9.35. The topological polar surface area (TPSA) is 95.1 Å². The summed E-state index contributed by atoms with van der Waals surface area (Å²) in [5, 5.41) is 7.91. The van der Waals surface area contributed by atoms with E-state index < -0.39 is 11.9 Å². The van der Waals surface area contributed by atoms with Crippen molar-refractivity contribution < 1.29 is 9.53 Å². The van der Waals surface area contributed by atoms with E-state index in [4.69, 9.17) is 15.6 Å². The molecule has 0 saturated heterocycles. The summed E-state index contributed by atoms with van der Waals surface area (Å²) in [6.45, 7) is 5.94. The Bertz CT molecular complexity index is 1150. The number of amides is 1. The van der Waals surface area contributed by atoms with E-state index in [0.29, 0.717) is 28.8 Å². The largest absolute Gasteiger partial charge is 0.496 e. The molecule has 7 nitrogen and oxygen atoms in total. The van der Waals surface area contributed by atoms with Crippen molar-refractivity contribution in [3.63, 3.8) is 0 Å². The number of nitrogens with two attached hydrogens (primary N) is 1. The number of hydrogen-bond donors (Lipinski definition) is 2. The number of carbonyl (C=O) groups excluding carboxylic acids is 1. The van der Waals surface area contributed by atoms with Gasteiger partial charge < -0.3 is 15.8 Å². The van der Waals surface area contributed by atoms with Crippen LogP contribution < -0.4 is 15.8 Å². The predicted octanol–water partition coefficient (Wildman–Crippen LogP) is 3.34. The van der Waals surface area contributed by atoms with Gasteiger partial charge in [0.15, 0.2) is 5.82 Å². The van der Waals surface area contributed by atoms with Crippen LogP contribution in [0.3, 0.4) is 0 Å². The number of aryl methyl sites for hydroxylation is 2. The van der Waals surface area contributed by atoms with Gasteiger partial charge in [0.2, 0.25) is 11.9 Å². The van der Waals surface area contributed by atoms with Crippen LogP contribution in [-0.2, 0) is 4.79 Å². The van der Waals surface area contributed by atoms with Gasteiger partial charge in [0.25, 0.3) is 0 Å². The van der Waals surface area contributed by atoms with Crippen LogP contribution >= 0.6 is 0 Å². The molecule has 0 aliphatic carbocycles. The van der Waals surface area contributed by atoms with Crippen LogP contribution in [0.25, 0.3) is 11.4 Å². The SMILES string of the molecule is COc1ccccc1C1C(C(N)=O)=C(C)Nc2nc(-c3ccc(C)c(C)c3)nn21. The Balaban J connectivity index is 1.91. The minimum atomic E-state index is -0.535. The molecule has 1 aliphatic heterocycles. The maximum Gasteiger partial charge on any atom is 0.248 e. The highest BCUT2D eigenvalue weighted by molar-refractivity contribution is 5.95. The van der Waals surface area contributed by atoms with Crippen molar-refractivity contribution in [2.45, 2.75) is 26.8 Å². The fraction of sp³-hybridized carbons (Fsp3) is 0.227. The number of methoxy groups -OCH3 is 1. The maximum atomic E-state index is 12.3. The number of carbonyl (C=O) groups is 1. The lowest BCUT2D eigenvalue weighted by molar-refractivity contribution is -0.115. The molecule has 1 aliphatic rings. The standard InChI is InChI=1S/C22H23N5O2/c1-12-9-10-15(11-13(12)2)21-25-22-24-14(3)18(20(23)28)19(27(22)26-21)16-7-5-6-8-17(16)29-4/h5-11,19H,1-4H3,(H2,23,28)(H,24,25,26). The molecule has 4 rings (SSSR count).